The number of benzene rings is 3. The SMILES string of the molecule is COc1cc(C(=O)Nc2ccc(OCCOc3ccccc3)cc2)cc(OC)c1OC. The van der Waals surface area contributed by atoms with Crippen LogP contribution in [0.15, 0.2) is 66.7 Å². The number of ether oxygens (including phenoxy) is 5. The third-order valence-corrected chi connectivity index (χ3v) is 4.40. The Kier molecular flexibility index (Phi) is 7.59. The van der Waals surface area contributed by atoms with E-state index in [4.69, 9.17) is 23.7 Å². The summed E-state index contributed by atoms with van der Waals surface area (Å²) >= 11 is 0. The number of nitrogens with one attached hydrogen (secondary N) is 1. The Balaban J connectivity index is 1.56. The molecule has 3 rings (SSSR count). The number of amides is 1. The molecule has 7 nitrogen and oxygen atoms in total. The van der Waals surface area contributed by atoms with Gasteiger partial charge in [0.15, 0.2) is 11.5 Å². The number of methoxy groups -OCH3 is 3. The predicted octanol–water partition coefficient (Wildman–Crippen LogP) is 4.42. The lowest BCUT2D eigenvalue weighted by Crippen LogP contribution is -2.13. The van der Waals surface area contributed by atoms with Crippen LogP contribution in [0.2, 0.25) is 0 Å². The second-order valence-electron chi connectivity index (χ2n) is 6.40. The topological polar surface area (TPSA) is 75.3 Å². The van der Waals surface area contributed by atoms with Crippen LogP contribution in [0.3, 0.4) is 0 Å². The zero-order valence-electron chi connectivity index (χ0n) is 17.7. The van der Waals surface area contributed by atoms with E-state index in [1.54, 1.807) is 36.4 Å². The fourth-order valence-corrected chi connectivity index (χ4v) is 2.89. The molecule has 0 radical (unpaired) electrons. The first-order valence-corrected chi connectivity index (χ1v) is 9.66. The number of rotatable bonds is 10. The van der Waals surface area contributed by atoms with Gasteiger partial charge >= 0.3 is 0 Å². The molecule has 0 aliphatic rings. The average molecular weight is 423 g/mol. The van der Waals surface area contributed by atoms with Gasteiger partial charge in [-0.25, -0.2) is 0 Å². The maximum absolute atomic E-state index is 12.7. The number of carbonyl (C=O) groups is 1. The summed E-state index contributed by atoms with van der Waals surface area (Å²) in [6.07, 6.45) is 0. The van der Waals surface area contributed by atoms with Crippen LogP contribution < -0.4 is 29.0 Å². The van der Waals surface area contributed by atoms with Gasteiger partial charge in [-0.3, -0.25) is 4.79 Å². The van der Waals surface area contributed by atoms with E-state index in [2.05, 4.69) is 5.32 Å². The Labute approximate surface area is 181 Å². The van der Waals surface area contributed by atoms with Crippen LogP contribution >= 0.6 is 0 Å². The minimum absolute atomic E-state index is 0.302. The molecule has 0 bridgehead atoms. The number of para-hydroxylation sites is 1. The monoisotopic (exact) mass is 423 g/mol. The van der Waals surface area contributed by atoms with E-state index in [1.165, 1.54) is 21.3 Å². The second-order valence-corrected chi connectivity index (χ2v) is 6.40. The van der Waals surface area contributed by atoms with Crippen LogP contribution in [-0.2, 0) is 0 Å². The average Bonchev–Trinajstić information content (AvgIpc) is 2.82. The minimum Gasteiger partial charge on any atom is -0.493 e. The molecule has 3 aromatic carbocycles. The van der Waals surface area contributed by atoms with Gasteiger partial charge in [0.2, 0.25) is 5.75 Å². The molecule has 7 heteroatoms. The van der Waals surface area contributed by atoms with E-state index in [-0.39, 0.29) is 5.91 Å². The molecular weight excluding hydrogens is 398 g/mol. The largest absolute Gasteiger partial charge is 0.493 e. The minimum atomic E-state index is -0.302. The van der Waals surface area contributed by atoms with Crippen molar-refractivity contribution in [2.24, 2.45) is 0 Å². The lowest BCUT2D eigenvalue weighted by Gasteiger charge is -2.14. The summed E-state index contributed by atoms with van der Waals surface area (Å²) in [5.74, 6) is 2.43. The van der Waals surface area contributed by atoms with E-state index in [0.29, 0.717) is 47.5 Å². The molecule has 0 aromatic heterocycles. The highest BCUT2D eigenvalue weighted by Gasteiger charge is 2.17. The Morgan fingerprint density at radius 3 is 1.81 bits per heavy atom. The van der Waals surface area contributed by atoms with Gasteiger partial charge in [-0.15, -0.1) is 0 Å². The van der Waals surface area contributed by atoms with E-state index < -0.39 is 0 Å². The van der Waals surface area contributed by atoms with E-state index >= 15 is 0 Å². The third kappa shape index (κ3) is 5.82. The van der Waals surface area contributed by atoms with Crippen molar-refractivity contribution in [2.75, 3.05) is 39.9 Å². The van der Waals surface area contributed by atoms with E-state index in [0.717, 1.165) is 5.75 Å². The molecule has 0 saturated heterocycles. The van der Waals surface area contributed by atoms with Crippen molar-refractivity contribution in [3.05, 3.63) is 72.3 Å². The normalized spacial score (nSPS) is 10.2. The molecule has 162 valence electrons. The van der Waals surface area contributed by atoms with Gasteiger partial charge in [0.25, 0.3) is 5.91 Å². The van der Waals surface area contributed by atoms with E-state index in [1.807, 2.05) is 30.3 Å². The van der Waals surface area contributed by atoms with Crippen LogP contribution in [0, 0.1) is 0 Å². The van der Waals surface area contributed by atoms with Crippen LogP contribution in [0.1, 0.15) is 10.4 Å². The Hall–Kier alpha value is -3.87. The molecule has 0 saturated carbocycles. The molecule has 0 spiro atoms. The van der Waals surface area contributed by atoms with Crippen molar-refractivity contribution in [3.63, 3.8) is 0 Å². The summed E-state index contributed by atoms with van der Waals surface area (Å²) in [6, 6.07) is 19.9. The number of hydrogen-bond donors (Lipinski definition) is 1. The predicted molar refractivity (Wildman–Crippen MR) is 118 cm³/mol. The maximum atomic E-state index is 12.7. The number of carbonyl (C=O) groups excluding carboxylic acids is 1. The van der Waals surface area contributed by atoms with Gasteiger partial charge in [-0.2, -0.15) is 0 Å². The fraction of sp³-hybridized carbons (Fsp3) is 0.208. The van der Waals surface area contributed by atoms with Gasteiger partial charge in [0.05, 0.1) is 21.3 Å². The summed E-state index contributed by atoms with van der Waals surface area (Å²) in [5.41, 5.74) is 1.01. The van der Waals surface area contributed by atoms with E-state index in [9.17, 15) is 4.79 Å². The molecule has 0 aliphatic carbocycles. The van der Waals surface area contributed by atoms with Gasteiger partial charge in [-0.05, 0) is 48.5 Å². The summed E-state index contributed by atoms with van der Waals surface area (Å²) in [5, 5.41) is 2.84. The van der Waals surface area contributed by atoms with Gasteiger partial charge in [0, 0.05) is 11.3 Å². The highest BCUT2D eigenvalue weighted by Crippen LogP contribution is 2.38. The molecule has 3 aromatic rings. The molecule has 0 unspecified atom stereocenters. The third-order valence-electron chi connectivity index (χ3n) is 4.40. The number of anilines is 1. The molecule has 1 N–H and O–H groups in total. The molecule has 0 atom stereocenters. The van der Waals surface area contributed by atoms with Crippen molar-refractivity contribution in [2.45, 2.75) is 0 Å². The summed E-state index contributed by atoms with van der Waals surface area (Å²) in [6.45, 7) is 0.843. The van der Waals surface area contributed by atoms with Crippen LogP contribution in [0.25, 0.3) is 0 Å². The Morgan fingerprint density at radius 2 is 1.29 bits per heavy atom. The van der Waals surface area contributed by atoms with Crippen LogP contribution in [-0.4, -0.2) is 40.5 Å². The van der Waals surface area contributed by atoms with Crippen LogP contribution in [0.4, 0.5) is 5.69 Å². The molecule has 0 heterocycles. The van der Waals surface area contributed by atoms with Gasteiger partial charge in [-0.1, -0.05) is 18.2 Å². The smallest absolute Gasteiger partial charge is 0.255 e. The zero-order valence-corrected chi connectivity index (χ0v) is 17.7. The first-order valence-electron chi connectivity index (χ1n) is 9.66. The van der Waals surface area contributed by atoms with Crippen molar-refractivity contribution in [3.8, 4) is 28.7 Å². The second kappa shape index (κ2) is 10.8. The van der Waals surface area contributed by atoms with Crippen molar-refractivity contribution in [1.29, 1.82) is 0 Å². The quantitative estimate of drug-likeness (QED) is 0.487. The van der Waals surface area contributed by atoms with Gasteiger partial charge < -0.3 is 29.0 Å². The molecule has 1 amide bonds. The van der Waals surface area contributed by atoms with Crippen molar-refractivity contribution < 1.29 is 28.5 Å². The lowest BCUT2D eigenvalue weighted by molar-refractivity contribution is 0.102. The van der Waals surface area contributed by atoms with Gasteiger partial charge in [0.1, 0.15) is 24.7 Å². The molecule has 0 aliphatic heterocycles. The summed E-state index contributed by atoms with van der Waals surface area (Å²) in [7, 11) is 4.52. The molecular formula is C24H25NO6. The van der Waals surface area contributed by atoms with Crippen molar-refractivity contribution >= 4 is 11.6 Å². The highest BCUT2D eigenvalue weighted by atomic mass is 16.5. The molecule has 0 fully saturated rings. The first kappa shape index (κ1) is 21.8. The Morgan fingerprint density at radius 1 is 0.742 bits per heavy atom. The summed E-state index contributed by atoms with van der Waals surface area (Å²) in [4.78, 5) is 12.7. The summed E-state index contributed by atoms with van der Waals surface area (Å²) < 4.78 is 27.2. The fourth-order valence-electron chi connectivity index (χ4n) is 2.89. The standard InChI is InChI=1S/C24H25NO6/c1-27-21-15-17(16-22(28-2)23(21)29-3)24(26)25-18-9-11-20(12-10-18)31-14-13-30-19-7-5-4-6-8-19/h4-12,15-16H,13-14H2,1-3H3,(H,25,26). The lowest BCUT2D eigenvalue weighted by atomic mass is 10.1. The maximum Gasteiger partial charge on any atom is 0.255 e. The molecule has 31 heavy (non-hydrogen) atoms. The highest BCUT2D eigenvalue weighted by molar-refractivity contribution is 6.05. The number of hydrogen-bond acceptors (Lipinski definition) is 6. The zero-order chi connectivity index (χ0) is 22.1. The van der Waals surface area contributed by atoms with Crippen molar-refractivity contribution in [1.82, 2.24) is 0 Å². The van der Waals surface area contributed by atoms with Crippen LogP contribution in [0.5, 0.6) is 28.7 Å². The first-order chi connectivity index (χ1) is 15.1. The Bertz CT molecular complexity index is 964.